The fourth-order valence-corrected chi connectivity index (χ4v) is 9.31. The van der Waals surface area contributed by atoms with E-state index in [1.165, 1.54) is 25.7 Å². The van der Waals surface area contributed by atoms with Gasteiger partial charge >= 0.3 is 0 Å². The van der Waals surface area contributed by atoms with Gasteiger partial charge in [0.25, 0.3) is 0 Å². The molecule has 4 saturated carbocycles. The summed E-state index contributed by atoms with van der Waals surface area (Å²) in [5, 5.41) is 0. The molecule has 6 fully saturated rings. The summed E-state index contributed by atoms with van der Waals surface area (Å²) < 4.78 is 19.6. The van der Waals surface area contributed by atoms with Crippen molar-refractivity contribution in [2.24, 2.45) is 45.3 Å². The number of ether oxygens (including phenoxy) is 3. The molecule has 9 unspecified atom stereocenters. The van der Waals surface area contributed by atoms with Crippen LogP contribution in [-0.4, -0.2) is 24.8 Å². The Kier molecular flexibility index (Phi) is 3.25. The van der Waals surface area contributed by atoms with E-state index in [1.807, 2.05) is 0 Å². The normalized spacial score (nSPS) is 61.6. The van der Waals surface area contributed by atoms with E-state index in [2.05, 4.69) is 41.5 Å². The number of hydrogen-bond acceptors (Lipinski definition) is 3. The van der Waals surface area contributed by atoms with Crippen LogP contribution in [0.3, 0.4) is 0 Å². The Morgan fingerprint density at radius 3 is 1.44 bits per heavy atom. The molecule has 27 heavy (non-hydrogen) atoms. The fourth-order valence-electron chi connectivity index (χ4n) is 9.31. The Labute approximate surface area is 164 Å². The lowest BCUT2D eigenvalue weighted by Gasteiger charge is -2.39. The van der Waals surface area contributed by atoms with Crippen molar-refractivity contribution in [3.63, 3.8) is 0 Å². The molecular formula is C24H38O3. The van der Waals surface area contributed by atoms with Crippen LogP contribution < -0.4 is 0 Å². The van der Waals surface area contributed by atoms with Crippen LogP contribution in [0.4, 0.5) is 0 Å². The average Bonchev–Trinajstić information content (AvgIpc) is 3.33. The lowest BCUT2D eigenvalue weighted by atomic mass is 9.70. The highest BCUT2D eigenvalue weighted by Gasteiger charge is 2.71. The van der Waals surface area contributed by atoms with Gasteiger partial charge in [0.2, 0.25) is 0 Å². The Hall–Kier alpha value is -0.120. The van der Waals surface area contributed by atoms with Crippen molar-refractivity contribution in [3.05, 3.63) is 0 Å². The fraction of sp³-hybridized carbons (Fsp3) is 1.00. The third-order valence-electron chi connectivity index (χ3n) is 11.6. The number of hydrogen-bond donors (Lipinski definition) is 0. The summed E-state index contributed by atoms with van der Waals surface area (Å²) in [6.07, 6.45) is 8.24. The predicted molar refractivity (Wildman–Crippen MR) is 104 cm³/mol. The minimum Gasteiger partial charge on any atom is -0.348 e. The smallest absolute Gasteiger partial charge is 0.161 e. The van der Waals surface area contributed by atoms with Crippen LogP contribution >= 0.6 is 0 Å². The lowest BCUT2D eigenvalue weighted by molar-refractivity contribution is -0.252. The summed E-state index contributed by atoms with van der Waals surface area (Å²) in [4.78, 5) is 0. The van der Waals surface area contributed by atoms with E-state index in [0.29, 0.717) is 45.7 Å². The van der Waals surface area contributed by atoms with E-state index < -0.39 is 0 Å². The third kappa shape index (κ3) is 1.83. The van der Waals surface area contributed by atoms with Crippen LogP contribution in [0, 0.1) is 45.3 Å². The van der Waals surface area contributed by atoms with Crippen molar-refractivity contribution in [1.82, 2.24) is 0 Å². The first kappa shape index (κ1) is 17.7. The second kappa shape index (κ2) is 4.95. The molecule has 0 amide bonds. The van der Waals surface area contributed by atoms with Gasteiger partial charge in [0.1, 0.15) is 0 Å². The van der Waals surface area contributed by atoms with Crippen LogP contribution in [-0.2, 0) is 14.2 Å². The molecule has 10 atom stereocenters. The molecule has 0 radical (unpaired) electrons. The van der Waals surface area contributed by atoms with Crippen LogP contribution in [0.5, 0.6) is 0 Å². The topological polar surface area (TPSA) is 27.7 Å². The summed E-state index contributed by atoms with van der Waals surface area (Å²) in [5.74, 6) is 3.00. The highest BCUT2D eigenvalue weighted by atomic mass is 16.8. The zero-order chi connectivity index (χ0) is 19.0. The van der Waals surface area contributed by atoms with Crippen LogP contribution in [0.15, 0.2) is 0 Å². The second-order valence-corrected chi connectivity index (χ2v) is 12.5. The highest BCUT2D eigenvalue weighted by molar-refractivity contribution is 5.18. The van der Waals surface area contributed by atoms with E-state index in [4.69, 9.17) is 14.2 Å². The Morgan fingerprint density at radius 2 is 1.07 bits per heavy atom. The van der Waals surface area contributed by atoms with Crippen molar-refractivity contribution in [1.29, 1.82) is 0 Å². The van der Waals surface area contributed by atoms with Crippen molar-refractivity contribution in [3.8, 4) is 0 Å². The Balaban J connectivity index is 1.15. The molecule has 2 aliphatic heterocycles. The van der Waals surface area contributed by atoms with E-state index in [0.717, 1.165) is 24.7 Å². The summed E-state index contributed by atoms with van der Waals surface area (Å²) in [6, 6.07) is 0. The molecule has 0 aromatic rings. The monoisotopic (exact) mass is 374 g/mol. The summed E-state index contributed by atoms with van der Waals surface area (Å²) in [5.41, 5.74) is 1.47. The SMILES string of the molecule is CC1(C)C2CCC1(C)C1OC(O[C@H]3CC4C5CCC(C)(C4O3)C5(C)C)CC21. The molecule has 3 nitrogen and oxygen atoms in total. The molecule has 0 spiro atoms. The van der Waals surface area contributed by atoms with Gasteiger partial charge in [-0.1, -0.05) is 41.5 Å². The molecule has 4 aliphatic carbocycles. The minimum absolute atomic E-state index is 0.0432. The van der Waals surface area contributed by atoms with Crippen molar-refractivity contribution >= 4 is 0 Å². The molecule has 2 saturated heterocycles. The summed E-state index contributed by atoms with van der Waals surface area (Å²) >= 11 is 0. The summed E-state index contributed by atoms with van der Waals surface area (Å²) in [7, 11) is 0. The maximum absolute atomic E-state index is 6.58. The predicted octanol–water partition coefficient (Wildman–Crippen LogP) is 5.38. The average molecular weight is 375 g/mol. The van der Waals surface area contributed by atoms with Gasteiger partial charge in [0.15, 0.2) is 12.6 Å². The van der Waals surface area contributed by atoms with Crippen LogP contribution in [0.2, 0.25) is 0 Å². The first-order chi connectivity index (χ1) is 12.6. The van der Waals surface area contributed by atoms with Crippen LogP contribution in [0.1, 0.15) is 80.1 Å². The zero-order valence-corrected chi connectivity index (χ0v) is 18.1. The lowest BCUT2D eigenvalue weighted by Crippen LogP contribution is -2.39. The third-order valence-corrected chi connectivity index (χ3v) is 11.6. The maximum Gasteiger partial charge on any atom is 0.161 e. The van der Waals surface area contributed by atoms with Gasteiger partial charge in [0, 0.05) is 12.8 Å². The Morgan fingerprint density at radius 1 is 0.667 bits per heavy atom. The van der Waals surface area contributed by atoms with Gasteiger partial charge in [-0.3, -0.25) is 0 Å². The van der Waals surface area contributed by atoms with Crippen molar-refractivity contribution in [2.75, 3.05) is 0 Å². The quantitative estimate of drug-likeness (QED) is 0.650. The van der Waals surface area contributed by atoms with Gasteiger partial charge in [-0.2, -0.15) is 0 Å². The highest BCUT2D eigenvalue weighted by Crippen LogP contribution is 2.72. The molecule has 3 heteroatoms. The first-order valence-electron chi connectivity index (χ1n) is 11.6. The second-order valence-electron chi connectivity index (χ2n) is 12.5. The first-order valence-corrected chi connectivity index (χ1v) is 11.6. The van der Waals surface area contributed by atoms with E-state index in [-0.39, 0.29) is 12.6 Å². The minimum atomic E-state index is -0.0432. The number of rotatable bonds is 2. The van der Waals surface area contributed by atoms with Crippen molar-refractivity contribution in [2.45, 2.75) is 105 Å². The zero-order valence-electron chi connectivity index (χ0n) is 18.1. The van der Waals surface area contributed by atoms with Gasteiger partial charge < -0.3 is 14.2 Å². The molecule has 6 aliphatic rings. The molecule has 2 heterocycles. The maximum atomic E-state index is 6.58. The van der Waals surface area contributed by atoms with E-state index in [1.54, 1.807) is 0 Å². The van der Waals surface area contributed by atoms with Crippen LogP contribution in [0.25, 0.3) is 0 Å². The molecular weight excluding hydrogens is 336 g/mol. The molecule has 0 aromatic heterocycles. The van der Waals surface area contributed by atoms with Gasteiger partial charge in [-0.25, -0.2) is 0 Å². The number of fused-ring (bicyclic) bond motifs is 10. The largest absolute Gasteiger partial charge is 0.348 e. The standard InChI is InChI=1S/C24H38O3/c1-21(2)15-7-9-23(21,5)19-13(15)11-17(26-19)25-18-12-14-16-8-10-24(6,20(14)27-18)22(16,3)4/h13-20H,7-12H2,1-6H3/t13?,14?,15?,16?,17-,18?,19?,20?,23?,24?/m1/s1. The van der Waals surface area contributed by atoms with Gasteiger partial charge in [-0.15, -0.1) is 0 Å². The molecule has 0 aromatic carbocycles. The van der Waals surface area contributed by atoms with E-state index in [9.17, 15) is 0 Å². The van der Waals surface area contributed by atoms with Gasteiger partial charge in [-0.05, 0) is 71.0 Å². The van der Waals surface area contributed by atoms with Gasteiger partial charge in [0.05, 0.1) is 12.2 Å². The van der Waals surface area contributed by atoms with E-state index >= 15 is 0 Å². The molecule has 0 N–H and O–H groups in total. The summed E-state index contributed by atoms with van der Waals surface area (Å²) in [6.45, 7) is 14.8. The molecule has 152 valence electrons. The molecule has 6 rings (SSSR count). The Bertz CT molecular complexity index is 615. The van der Waals surface area contributed by atoms with Crippen molar-refractivity contribution < 1.29 is 14.2 Å². The molecule has 4 bridgehead atoms.